The predicted octanol–water partition coefficient (Wildman–Crippen LogP) is 1.97. The summed E-state index contributed by atoms with van der Waals surface area (Å²) in [5.74, 6) is 1.32. The van der Waals surface area contributed by atoms with Crippen LogP contribution < -0.4 is 10.2 Å². The maximum absolute atomic E-state index is 12.2. The van der Waals surface area contributed by atoms with Gasteiger partial charge >= 0.3 is 0 Å². The number of aromatic nitrogens is 3. The molecule has 0 atom stereocenters. The molecule has 1 aliphatic rings. The van der Waals surface area contributed by atoms with Crippen molar-refractivity contribution in [2.45, 2.75) is 45.6 Å². The number of anilines is 1. The second-order valence-electron chi connectivity index (χ2n) is 7.18. The number of nitrogens with one attached hydrogen (secondary N) is 1. The number of amides is 1. The lowest BCUT2D eigenvalue weighted by molar-refractivity contribution is -0.121. The summed E-state index contributed by atoms with van der Waals surface area (Å²) in [7, 11) is 1.88. The first-order valence-electron chi connectivity index (χ1n) is 8.14. The number of rotatable bonds is 4. The van der Waals surface area contributed by atoms with Crippen molar-refractivity contribution in [2.75, 3.05) is 18.5 Å². The average Bonchev–Trinajstić information content (AvgIpc) is 3.15. The zero-order valence-electron chi connectivity index (χ0n) is 14.6. The highest BCUT2D eigenvalue weighted by Crippen LogP contribution is 2.30. The highest BCUT2D eigenvalue weighted by molar-refractivity contribution is 5.82. The SMILES string of the molecule is CN(CC(=O)NC(C)(C)C)c1nc(-c2cocn2)nc2c1CCC2. The first kappa shape index (κ1) is 16.4. The molecule has 1 amide bonds. The lowest BCUT2D eigenvalue weighted by Crippen LogP contribution is -2.45. The first-order valence-corrected chi connectivity index (χ1v) is 8.14. The van der Waals surface area contributed by atoms with Gasteiger partial charge in [-0.25, -0.2) is 15.0 Å². The Morgan fingerprint density at radius 1 is 1.33 bits per heavy atom. The third-order valence-electron chi connectivity index (χ3n) is 3.83. The van der Waals surface area contributed by atoms with Gasteiger partial charge in [0.15, 0.2) is 12.2 Å². The molecule has 0 unspecified atom stereocenters. The van der Waals surface area contributed by atoms with Crippen LogP contribution in [0.4, 0.5) is 5.82 Å². The monoisotopic (exact) mass is 329 g/mol. The zero-order chi connectivity index (χ0) is 17.3. The largest absolute Gasteiger partial charge is 0.451 e. The van der Waals surface area contributed by atoms with Gasteiger partial charge in [-0.3, -0.25) is 4.79 Å². The van der Waals surface area contributed by atoms with Crippen LogP contribution >= 0.6 is 0 Å². The first-order chi connectivity index (χ1) is 11.3. The second-order valence-corrected chi connectivity index (χ2v) is 7.18. The summed E-state index contributed by atoms with van der Waals surface area (Å²) in [6.07, 6.45) is 5.83. The molecule has 1 aliphatic carbocycles. The van der Waals surface area contributed by atoms with Crippen molar-refractivity contribution >= 4 is 11.7 Å². The normalized spacial score (nSPS) is 13.7. The van der Waals surface area contributed by atoms with Crippen LogP contribution in [0.1, 0.15) is 38.4 Å². The van der Waals surface area contributed by atoms with Crippen molar-refractivity contribution in [3.8, 4) is 11.5 Å². The Hall–Kier alpha value is -2.44. The lowest BCUT2D eigenvalue weighted by atomic mass is 10.1. The quantitative estimate of drug-likeness (QED) is 0.923. The Bertz CT molecular complexity index is 734. The molecule has 0 aliphatic heterocycles. The molecule has 0 aromatic carbocycles. The Morgan fingerprint density at radius 3 is 2.79 bits per heavy atom. The van der Waals surface area contributed by atoms with E-state index in [-0.39, 0.29) is 18.0 Å². The van der Waals surface area contributed by atoms with Gasteiger partial charge in [-0.15, -0.1) is 0 Å². The van der Waals surface area contributed by atoms with E-state index < -0.39 is 0 Å². The van der Waals surface area contributed by atoms with Crippen molar-refractivity contribution in [2.24, 2.45) is 0 Å². The molecule has 0 fully saturated rings. The lowest BCUT2D eigenvalue weighted by Gasteiger charge is -2.25. The van der Waals surface area contributed by atoms with E-state index in [0.29, 0.717) is 11.5 Å². The topological polar surface area (TPSA) is 84.2 Å². The number of fused-ring (bicyclic) bond motifs is 1. The van der Waals surface area contributed by atoms with Gasteiger partial charge in [0.05, 0.1) is 6.54 Å². The zero-order valence-corrected chi connectivity index (χ0v) is 14.6. The fourth-order valence-electron chi connectivity index (χ4n) is 2.91. The van der Waals surface area contributed by atoms with Gasteiger partial charge in [0.25, 0.3) is 0 Å². The average molecular weight is 329 g/mol. The minimum absolute atomic E-state index is 0.0293. The number of carbonyl (C=O) groups is 1. The molecule has 0 saturated carbocycles. The number of oxazole rings is 1. The highest BCUT2D eigenvalue weighted by Gasteiger charge is 2.24. The number of likely N-dealkylation sites (N-methyl/N-ethyl adjacent to an activating group) is 1. The van der Waals surface area contributed by atoms with E-state index in [1.165, 1.54) is 12.7 Å². The molecule has 7 nitrogen and oxygen atoms in total. The van der Waals surface area contributed by atoms with Crippen molar-refractivity contribution in [3.05, 3.63) is 23.9 Å². The van der Waals surface area contributed by atoms with Gasteiger partial charge in [-0.2, -0.15) is 0 Å². The van der Waals surface area contributed by atoms with E-state index in [1.807, 2.05) is 32.7 Å². The van der Waals surface area contributed by atoms with Gasteiger partial charge in [0.1, 0.15) is 17.8 Å². The third-order valence-corrected chi connectivity index (χ3v) is 3.83. The summed E-state index contributed by atoms with van der Waals surface area (Å²) in [4.78, 5) is 27.5. The van der Waals surface area contributed by atoms with Crippen LogP contribution in [0.5, 0.6) is 0 Å². The van der Waals surface area contributed by atoms with Crippen molar-refractivity contribution < 1.29 is 9.21 Å². The molecule has 1 N–H and O–H groups in total. The minimum atomic E-state index is -0.253. The van der Waals surface area contributed by atoms with Crippen LogP contribution in [0, 0.1) is 0 Å². The maximum Gasteiger partial charge on any atom is 0.239 e. The van der Waals surface area contributed by atoms with Crippen LogP contribution in [0.15, 0.2) is 17.1 Å². The fourth-order valence-corrected chi connectivity index (χ4v) is 2.91. The van der Waals surface area contributed by atoms with Gasteiger partial charge < -0.3 is 14.6 Å². The Balaban J connectivity index is 1.88. The molecule has 0 bridgehead atoms. The summed E-state index contributed by atoms with van der Waals surface area (Å²) < 4.78 is 5.04. The van der Waals surface area contributed by atoms with E-state index in [9.17, 15) is 4.79 Å². The highest BCUT2D eigenvalue weighted by atomic mass is 16.3. The van der Waals surface area contributed by atoms with E-state index in [4.69, 9.17) is 4.42 Å². The number of carbonyl (C=O) groups excluding carboxylic acids is 1. The molecule has 24 heavy (non-hydrogen) atoms. The Kier molecular flexibility index (Phi) is 4.26. The number of hydrogen-bond donors (Lipinski definition) is 1. The molecular weight excluding hydrogens is 306 g/mol. The fraction of sp³-hybridized carbons (Fsp3) is 0.529. The molecule has 0 saturated heterocycles. The summed E-state index contributed by atoms with van der Waals surface area (Å²) in [5.41, 5.74) is 2.53. The van der Waals surface area contributed by atoms with Crippen molar-refractivity contribution in [3.63, 3.8) is 0 Å². The molecular formula is C17H23N5O2. The summed E-state index contributed by atoms with van der Waals surface area (Å²) in [6, 6.07) is 0. The third kappa shape index (κ3) is 3.55. The smallest absolute Gasteiger partial charge is 0.239 e. The van der Waals surface area contributed by atoms with Gasteiger partial charge in [-0.05, 0) is 40.0 Å². The predicted molar refractivity (Wildman–Crippen MR) is 90.7 cm³/mol. The molecule has 7 heteroatoms. The van der Waals surface area contributed by atoms with E-state index >= 15 is 0 Å². The molecule has 2 heterocycles. The minimum Gasteiger partial charge on any atom is -0.451 e. The number of hydrogen-bond acceptors (Lipinski definition) is 6. The molecule has 3 rings (SSSR count). The maximum atomic E-state index is 12.2. The number of nitrogens with zero attached hydrogens (tertiary/aromatic N) is 4. The van der Waals surface area contributed by atoms with E-state index in [1.54, 1.807) is 0 Å². The van der Waals surface area contributed by atoms with Gasteiger partial charge in [0.2, 0.25) is 5.91 Å². The van der Waals surface area contributed by atoms with Crippen molar-refractivity contribution in [1.29, 1.82) is 0 Å². The van der Waals surface area contributed by atoms with Gasteiger partial charge in [-0.1, -0.05) is 0 Å². The molecule has 0 radical (unpaired) electrons. The summed E-state index contributed by atoms with van der Waals surface area (Å²) in [6.45, 7) is 6.15. The van der Waals surface area contributed by atoms with E-state index in [0.717, 1.165) is 36.3 Å². The summed E-state index contributed by atoms with van der Waals surface area (Å²) >= 11 is 0. The molecule has 0 spiro atoms. The van der Waals surface area contributed by atoms with Crippen LogP contribution in [-0.2, 0) is 17.6 Å². The summed E-state index contributed by atoms with van der Waals surface area (Å²) in [5, 5.41) is 2.98. The van der Waals surface area contributed by atoms with Crippen LogP contribution in [0.2, 0.25) is 0 Å². The van der Waals surface area contributed by atoms with Crippen LogP contribution in [0.25, 0.3) is 11.5 Å². The van der Waals surface area contributed by atoms with Crippen LogP contribution in [0.3, 0.4) is 0 Å². The Labute approximate surface area is 141 Å². The molecule has 2 aromatic rings. The molecule has 128 valence electrons. The van der Waals surface area contributed by atoms with Crippen LogP contribution in [-0.4, -0.2) is 40.0 Å². The van der Waals surface area contributed by atoms with E-state index in [2.05, 4.69) is 20.3 Å². The Morgan fingerprint density at radius 2 is 2.12 bits per heavy atom. The second kappa shape index (κ2) is 6.22. The molecule has 2 aromatic heterocycles. The van der Waals surface area contributed by atoms with Gasteiger partial charge in [0, 0.05) is 23.8 Å². The van der Waals surface area contributed by atoms with Crippen molar-refractivity contribution in [1.82, 2.24) is 20.3 Å². The standard InChI is InChI=1S/C17H23N5O2/c1-17(2,3)21-14(23)8-22(4)16-11-6-5-7-12(11)19-15(20-16)13-9-24-10-18-13/h9-10H,5-8H2,1-4H3,(H,21,23). The number of aryl methyl sites for hydroxylation is 1.